The van der Waals surface area contributed by atoms with Crippen molar-refractivity contribution in [1.82, 2.24) is 0 Å². The Kier molecular flexibility index (Phi) is 10.3. The highest BCUT2D eigenvalue weighted by atomic mass is 16.9. The maximum atomic E-state index is 11.4. The number of anilines is 2. The lowest BCUT2D eigenvalue weighted by atomic mass is 10.2. The number of carbonyl (C=O) groups excluding carboxylic acids is 2. The lowest BCUT2D eigenvalue weighted by Gasteiger charge is -2.06. The van der Waals surface area contributed by atoms with Gasteiger partial charge in [-0.25, -0.2) is 0 Å². The van der Waals surface area contributed by atoms with Gasteiger partial charge in [0.2, 0.25) is 5.91 Å². The molecule has 0 saturated heterocycles. The highest BCUT2D eigenvalue weighted by molar-refractivity contribution is 5.90. The normalized spacial score (nSPS) is 9.59. The lowest BCUT2D eigenvalue weighted by Crippen LogP contribution is -2.11. The van der Waals surface area contributed by atoms with Gasteiger partial charge in [-0.1, -0.05) is 24.6 Å². The summed E-state index contributed by atoms with van der Waals surface area (Å²) in [6.07, 6.45) is 0.593. The molecule has 0 bridgehead atoms. The Bertz CT molecular complexity index is 770. The van der Waals surface area contributed by atoms with Crippen molar-refractivity contribution in [2.45, 2.75) is 33.1 Å². The third kappa shape index (κ3) is 11.0. The molecule has 0 saturated carbocycles. The molecular weight excluding hydrogens is 378 g/mol. The van der Waals surface area contributed by atoms with Gasteiger partial charge in [0, 0.05) is 24.2 Å². The van der Waals surface area contributed by atoms with Crippen LogP contribution < -0.4 is 15.8 Å². The van der Waals surface area contributed by atoms with Gasteiger partial charge in [-0.15, -0.1) is 10.1 Å². The van der Waals surface area contributed by atoms with Crippen molar-refractivity contribution >= 4 is 23.3 Å². The maximum absolute atomic E-state index is 11.4. The summed E-state index contributed by atoms with van der Waals surface area (Å²) < 4.78 is 5.03. The zero-order chi connectivity index (χ0) is 21.6. The monoisotopic (exact) mass is 403 g/mol. The fourth-order valence-electron chi connectivity index (χ4n) is 1.96. The Hall–Kier alpha value is -3.62. The molecule has 0 aliphatic heterocycles. The number of amides is 1. The molecule has 0 atom stereocenters. The Morgan fingerprint density at radius 3 is 2.24 bits per heavy atom. The third-order valence-corrected chi connectivity index (χ3v) is 3.49. The molecule has 9 nitrogen and oxygen atoms in total. The number of nitrogens with two attached hydrogens (primary N) is 1. The number of esters is 1. The lowest BCUT2D eigenvalue weighted by molar-refractivity contribution is -0.757. The average molecular weight is 403 g/mol. The zero-order valence-corrected chi connectivity index (χ0v) is 16.4. The van der Waals surface area contributed by atoms with Crippen LogP contribution in [0.15, 0.2) is 48.5 Å². The number of aryl methyl sites for hydroxylation is 1. The van der Waals surface area contributed by atoms with E-state index in [1.54, 1.807) is 31.2 Å². The van der Waals surface area contributed by atoms with Gasteiger partial charge in [0.15, 0.2) is 0 Å². The SMILES string of the molecule is CCC(=O)Nc1ccc(OC(=O)CCCO[N+](=O)[O-])cc1.Cc1ccc(N)cc1. The molecule has 1 amide bonds. The molecule has 0 aliphatic rings. The third-order valence-electron chi connectivity index (χ3n) is 3.49. The minimum absolute atomic E-state index is 0.0160. The van der Waals surface area contributed by atoms with Gasteiger partial charge < -0.3 is 20.6 Å². The van der Waals surface area contributed by atoms with Crippen LogP contribution in [0.4, 0.5) is 11.4 Å². The van der Waals surface area contributed by atoms with E-state index in [1.807, 2.05) is 31.2 Å². The summed E-state index contributed by atoms with van der Waals surface area (Å²) in [5, 5.41) is 11.7. The number of hydrogen-bond donors (Lipinski definition) is 2. The van der Waals surface area contributed by atoms with Crippen molar-refractivity contribution in [3.63, 3.8) is 0 Å². The van der Waals surface area contributed by atoms with E-state index >= 15 is 0 Å². The molecule has 2 aromatic carbocycles. The number of nitrogens with one attached hydrogen (secondary N) is 1. The topological polar surface area (TPSA) is 134 Å². The van der Waals surface area contributed by atoms with Gasteiger partial charge in [-0.05, 0) is 49.7 Å². The number of carbonyl (C=O) groups is 2. The second-order valence-corrected chi connectivity index (χ2v) is 5.97. The summed E-state index contributed by atoms with van der Waals surface area (Å²) in [4.78, 5) is 36.6. The molecule has 0 radical (unpaired) electrons. The predicted octanol–water partition coefficient (Wildman–Crippen LogP) is 3.51. The van der Waals surface area contributed by atoms with Crippen molar-refractivity contribution in [1.29, 1.82) is 0 Å². The first-order valence-electron chi connectivity index (χ1n) is 9.00. The van der Waals surface area contributed by atoms with Gasteiger partial charge in [0.05, 0.1) is 6.61 Å². The van der Waals surface area contributed by atoms with Crippen LogP contribution in [-0.2, 0) is 14.4 Å². The first-order valence-corrected chi connectivity index (χ1v) is 9.00. The minimum Gasteiger partial charge on any atom is -0.427 e. The van der Waals surface area contributed by atoms with Crippen molar-refractivity contribution in [2.75, 3.05) is 17.7 Å². The van der Waals surface area contributed by atoms with Crippen molar-refractivity contribution in [3.8, 4) is 5.75 Å². The summed E-state index contributed by atoms with van der Waals surface area (Å²) in [7, 11) is 0. The number of ether oxygens (including phenoxy) is 1. The molecule has 0 fully saturated rings. The van der Waals surface area contributed by atoms with E-state index in [4.69, 9.17) is 10.5 Å². The molecular formula is C20H25N3O6. The molecule has 29 heavy (non-hydrogen) atoms. The summed E-state index contributed by atoms with van der Waals surface area (Å²) in [6, 6.07) is 14.1. The standard InChI is InChI=1S/C13H16N2O6.C7H9N/c1-2-12(16)14-10-5-7-11(8-6-10)21-13(17)4-3-9-20-15(18)19;1-6-2-4-7(8)5-3-6/h5-8H,2-4,9H2,1H3,(H,14,16);2-5H,8H2,1H3. The quantitative estimate of drug-likeness (QED) is 0.172. The van der Waals surface area contributed by atoms with E-state index in [0.29, 0.717) is 17.9 Å². The first-order chi connectivity index (χ1) is 13.8. The van der Waals surface area contributed by atoms with Gasteiger partial charge in [-0.3, -0.25) is 9.59 Å². The van der Waals surface area contributed by atoms with Crippen LogP contribution in [0.5, 0.6) is 5.75 Å². The molecule has 156 valence electrons. The molecule has 0 spiro atoms. The molecule has 2 aromatic rings. The number of hydrogen-bond acceptors (Lipinski definition) is 7. The van der Waals surface area contributed by atoms with E-state index in [2.05, 4.69) is 10.2 Å². The number of nitrogens with zero attached hydrogens (tertiary/aromatic N) is 1. The highest BCUT2D eigenvalue weighted by Crippen LogP contribution is 2.16. The van der Waals surface area contributed by atoms with Crippen molar-refractivity contribution < 1.29 is 24.3 Å². The van der Waals surface area contributed by atoms with Gasteiger partial charge in [0.1, 0.15) is 5.75 Å². The molecule has 3 N–H and O–H groups in total. The van der Waals surface area contributed by atoms with Crippen molar-refractivity contribution in [2.24, 2.45) is 0 Å². The largest absolute Gasteiger partial charge is 0.427 e. The summed E-state index contributed by atoms with van der Waals surface area (Å²) >= 11 is 0. The van der Waals surface area contributed by atoms with E-state index in [9.17, 15) is 19.7 Å². The van der Waals surface area contributed by atoms with E-state index < -0.39 is 11.1 Å². The van der Waals surface area contributed by atoms with Crippen LogP contribution in [0, 0.1) is 17.0 Å². The van der Waals surface area contributed by atoms with Gasteiger partial charge >= 0.3 is 5.97 Å². The van der Waals surface area contributed by atoms with Crippen LogP contribution in [0.25, 0.3) is 0 Å². The van der Waals surface area contributed by atoms with Crippen LogP contribution in [0.3, 0.4) is 0 Å². The zero-order valence-electron chi connectivity index (χ0n) is 16.4. The first kappa shape index (κ1) is 23.4. The summed E-state index contributed by atoms with van der Waals surface area (Å²) in [6.45, 7) is 3.64. The molecule has 0 aliphatic carbocycles. The molecule has 0 unspecified atom stereocenters. The maximum Gasteiger partial charge on any atom is 0.311 e. The van der Waals surface area contributed by atoms with Gasteiger partial charge in [0.25, 0.3) is 5.09 Å². The fourth-order valence-corrected chi connectivity index (χ4v) is 1.96. The molecule has 0 heterocycles. The summed E-state index contributed by atoms with van der Waals surface area (Å²) in [5.41, 5.74) is 8.12. The Morgan fingerprint density at radius 2 is 1.72 bits per heavy atom. The number of rotatable bonds is 8. The molecule has 0 aromatic heterocycles. The fraction of sp³-hybridized carbons (Fsp3) is 0.300. The predicted molar refractivity (Wildman–Crippen MR) is 109 cm³/mol. The molecule has 2 rings (SSSR count). The average Bonchev–Trinajstić information content (AvgIpc) is 2.69. The number of benzene rings is 2. The minimum atomic E-state index is -0.908. The highest BCUT2D eigenvalue weighted by Gasteiger charge is 2.06. The Balaban J connectivity index is 0.000000436. The van der Waals surface area contributed by atoms with E-state index in [1.165, 1.54) is 5.56 Å². The second-order valence-electron chi connectivity index (χ2n) is 5.97. The molecule has 9 heteroatoms. The van der Waals surface area contributed by atoms with Gasteiger partial charge in [-0.2, -0.15) is 0 Å². The summed E-state index contributed by atoms with van der Waals surface area (Å²) in [5.74, 6) is -0.275. The number of nitrogen functional groups attached to an aromatic ring is 1. The van der Waals surface area contributed by atoms with Crippen LogP contribution in [-0.4, -0.2) is 23.6 Å². The van der Waals surface area contributed by atoms with E-state index in [0.717, 1.165) is 5.69 Å². The van der Waals surface area contributed by atoms with Crippen LogP contribution >= 0.6 is 0 Å². The van der Waals surface area contributed by atoms with Crippen molar-refractivity contribution in [3.05, 3.63) is 64.2 Å². The second kappa shape index (κ2) is 12.7. The van der Waals surface area contributed by atoms with Crippen LogP contribution in [0.2, 0.25) is 0 Å². The Labute approximate surface area is 168 Å². The smallest absolute Gasteiger partial charge is 0.311 e. The van der Waals surface area contributed by atoms with E-state index in [-0.39, 0.29) is 25.4 Å². The van der Waals surface area contributed by atoms with Crippen LogP contribution in [0.1, 0.15) is 31.7 Å². The Morgan fingerprint density at radius 1 is 1.10 bits per heavy atom.